The van der Waals surface area contributed by atoms with E-state index in [4.69, 9.17) is 4.74 Å². The number of nitrogens with zero attached hydrogens (tertiary/aromatic N) is 2. The normalized spacial score (nSPS) is 16.9. The van der Waals surface area contributed by atoms with Gasteiger partial charge in [0.1, 0.15) is 11.9 Å². The fraction of sp³-hybridized carbons (Fsp3) is 0.333. The summed E-state index contributed by atoms with van der Waals surface area (Å²) in [5.74, 6) is -0.142. The van der Waals surface area contributed by atoms with Crippen LogP contribution in [0, 0.1) is 0 Å². The molecule has 2 aromatic rings. The predicted molar refractivity (Wildman–Crippen MR) is 89.4 cm³/mol. The smallest absolute Gasteiger partial charge is 0.416 e. The SMILES string of the molecule is CCCOC(=O)C1=C(C)Nc2ccnn2C1c1ccccc1C(F)(F)F. The molecule has 1 unspecified atom stereocenters. The molecule has 26 heavy (non-hydrogen) atoms. The number of alkyl halides is 3. The Labute approximate surface area is 148 Å². The molecule has 1 atom stereocenters. The van der Waals surface area contributed by atoms with E-state index in [0.29, 0.717) is 17.9 Å². The van der Waals surface area contributed by atoms with Crippen molar-refractivity contribution in [1.29, 1.82) is 0 Å². The number of ether oxygens (including phenoxy) is 1. The Kier molecular flexibility index (Phi) is 4.76. The van der Waals surface area contributed by atoms with Crippen molar-refractivity contribution in [2.24, 2.45) is 0 Å². The molecule has 1 aliphatic rings. The van der Waals surface area contributed by atoms with Crippen LogP contribution < -0.4 is 5.32 Å². The highest BCUT2D eigenvalue weighted by molar-refractivity contribution is 5.92. The Morgan fingerprint density at radius 1 is 1.31 bits per heavy atom. The van der Waals surface area contributed by atoms with Crippen LogP contribution in [0.4, 0.5) is 19.0 Å². The summed E-state index contributed by atoms with van der Waals surface area (Å²) in [4.78, 5) is 12.6. The van der Waals surface area contributed by atoms with Gasteiger partial charge in [-0.2, -0.15) is 18.3 Å². The lowest BCUT2D eigenvalue weighted by Crippen LogP contribution is -2.31. The van der Waals surface area contributed by atoms with Gasteiger partial charge in [-0.15, -0.1) is 0 Å². The van der Waals surface area contributed by atoms with E-state index in [1.165, 1.54) is 29.1 Å². The van der Waals surface area contributed by atoms with Crippen LogP contribution in [0.25, 0.3) is 0 Å². The third-order valence-corrected chi connectivity index (χ3v) is 4.13. The number of esters is 1. The van der Waals surface area contributed by atoms with Gasteiger partial charge in [0.2, 0.25) is 0 Å². The zero-order valence-electron chi connectivity index (χ0n) is 14.3. The number of hydrogen-bond acceptors (Lipinski definition) is 4. The van der Waals surface area contributed by atoms with E-state index < -0.39 is 23.8 Å². The molecule has 3 rings (SSSR count). The first-order chi connectivity index (χ1) is 12.3. The van der Waals surface area contributed by atoms with E-state index in [-0.39, 0.29) is 17.7 Å². The quantitative estimate of drug-likeness (QED) is 0.828. The van der Waals surface area contributed by atoms with Crippen LogP contribution >= 0.6 is 0 Å². The first-order valence-electron chi connectivity index (χ1n) is 8.19. The van der Waals surface area contributed by atoms with Gasteiger partial charge in [-0.05, 0) is 25.0 Å². The number of carbonyl (C=O) groups is 1. The molecule has 1 aromatic carbocycles. The average molecular weight is 365 g/mol. The van der Waals surface area contributed by atoms with Crippen molar-refractivity contribution in [2.45, 2.75) is 32.5 Å². The zero-order valence-corrected chi connectivity index (χ0v) is 14.3. The van der Waals surface area contributed by atoms with Crippen LogP contribution in [-0.4, -0.2) is 22.4 Å². The first kappa shape index (κ1) is 18.0. The summed E-state index contributed by atoms with van der Waals surface area (Å²) in [6, 6.07) is 5.82. The minimum Gasteiger partial charge on any atom is -0.462 e. The van der Waals surface area contributed by atoms with Gasteiger partial charge in [0.05, 0.1) is 23.9 Å². The third kappa shape index (κ3) is 3.18. The Bertz CT molecular complexity index is 855. The highest BCUT2D eigenvalue weighted by atomic mass is 19.4. The van der Waals surface area contributed by atoms with E-state index in [9.17, 15) is 18.0 Å². The van der Waals surface area contributed by atoms with E-state index >= 15 is 0 Å². The summed E-state index contributed by atoms with van der Waals surface area (Å²) < 4.78 is 47.3. The minimum absolute atomic E-state index is 0.0470. The highest BCUT2D eigenvalue weighted by Crippen LogP contribution is 2.41. The van der Waals surface area contributed by atoms with Gasteiger partial charge in [-0.3, -0.25) is 0 Å². The topological polar surface area (TPSA) is 56.1 Å². The molecule has 0 aliphatic carbocycles. The standard InChI is InChI=1S/C18H18F3N3O2/c1-3-10-26-17(25)15-11(2)23-14-8-9-22-24(14)16(15)12-6-4-5-7-13(12)18(19,20)21/h4-9,16,23H,3,10H2,1-2H3. The fourth-order valence-electron chi connectivity index (χ4n) is 3.02. The van der Waals surface area contributed by atoms with E-state index in [1.54, 1.807) is 13.0 Å². The largest absolute Gasteiger partial charge is 0.462 e. The van der Waals surface area contributed by atoms with Crippen LogP contribution in [0.15, 0.2) is 47.8 Å². The molecule has 0 spiro atoms. The molecule has 8 heteroatoms. The van der Waals surface area contributed by atoms with Crippen molar-refractivity contribution in [3.05, 3.63) is 58.9 Å². The Hall–Kier alpha value is -2.77. The summed E-state index contributed by atoms with van der Waals surface area (Å²) in [7, 11) is 0. The summed E-state index contributed by atoms with van der Waals surface area (Å²) in [6.45, 7) is 3.67. The molecule has 0 bridgehead atoms. The lowest BCUT2D eigenvalue weighted by atomic mass is 9.91. The lowest BCUT2D eigenvalue weighted by Gasteiger charge is -2.30. The van der Waals surface area contributed by atoms with Gasteiger partial charge in [-0.25, -0.2) is 9.48 Å². The van der Waals surface area contributed by atoms with E-state index in [1.807, 2.05) is 6.92 Å². The van der Waals surface area contributed by atoms with Gasteiger partial charge in [-0.1, -0.05) is 25.1 Å². The molecule has 138 valence electrons. The number of hydrogen-bond donors (Lipinski definition) is 1. The average Bonchev–Trinajstić information content (AvgIpc) is 3.05. The molecule has 1 aliphatic heterocycles. The number of rotatable bonds is 4. The molecule has 0 fully saturated rings. The van der Waals surface area contributed by atoms with Crippen LogP contribution in [0.5, 0.6) is 0 Å². The number of benzene rings is 1. The second kappa shape index (κ2) is 6.86. The maximum absolute atomic E-state index is 13.6. The zero-order chi connectivity index (χ0) is 18.9. The fourth-order valence-corrected chi connectivity index (χ4v) is 3.02. The number of allylic oxidation sites excluding steroid dienone is 1. The Morgan fingerprint density at radius 3 is 2.73 bits per heavy atom. The number of carbonyl (C=O) groups excluding carboxylic acids is 1. The van der Waals surface area contributed by atoms with Gasteiger partial charge < -0.3 is 10.1 Å². The third-order valence-electron chi connectivity index (χ3n) is 4.13. The van der Waals surface area contributed by atoms with Crippen LogP contribution in [0.1, 0.15) is 37.4 Å². The van der Waals surface area contributed by atoms with Crippen LogP contribution in [0.2, 0.25) is 0 Å². The van der Waals surface area contributed by atoms with Crippen molar-refractivity contribution in [1.82, 2.24) is 9.78 Å². The lowest BCUT2D eigenvalue weighted by molar-refractivity contribution is -0.141. The number of anilines is 1. The van der Waals surface area contributed by atoms with Crippen molar-refractivity contribution < 1.29 is 22.7 Å². The maximum Gasteiger partial charge on any atom is 0.416 e. The minimum atomic E-state index is -4.55. The molecule has 0 amide bonds. The molecule has 0 saturated heterocycles. The molecule has 2 heterocycles. The number of fused-ring (bicyclic) bond motifs is 1. The van der Waals surface area contributed by atoms with Crippen LogP contribution in [-0.2, 0) is 15.7 Å². The van der Waals surface area contributed by atoms with Crippen molar-refractivity contribution in [2.75, 3.05) is 11.9 Å². The number of halogens is 3. The summed E-state index contributed by atoms with van der Waals surface area (Å²) in [5, 5.41) is 7.13. The molecule has 0 radical (unpaired) electrons. The second-order valence-corrected chi connectivity index (χ2v) is 5.95. The van der Waals surface area contributed by atoms with E-state index in [2.05, 4.69) is 10.4 Å². The van der Waals surface area contributed by atoms with Crippen LogP contribution in [0.3, 0.4) is 0 Å². The van der Waals surface area contributed by atoms with Crippen molar-refractivity contribution >= 4 is 11.8 Å². The van der Waals surface area contributed by atoms with Gasteiger partial charge in [0, 0.05) is 11.8 Å². The predicted octanol–water partition coefficient (Wildman–Crippen LogP) is 4.14. The summed E-state index contributed by atoms with van der Waals surface area (Å²) >= 11 is 0. The number of nitrogens with one attached hydrogen (secondary N) is 1. The first-order valence-corrected chi connectivity index (χ1v) is 8.19. The van der Waals surface area contributed by atoms with E-state index in [0.717, 1.165) is 6.07 Å². The Balaban J connectivity index is 2.18. The van der Waals surface area contributed by atoms with Crippen molar-refractivity contribution in [3.63, 3.8) is 0 Å². The molecule has 1 aromatic heterocycles. The molecular weight excluding hydrogens is 347 g/mol. The van der Waals surface area contributed by atoms with Gasteiger partial charge >= 0.3 is 12.1 Å². The van der Waals surface area contributed by atoms with Crippen molar-refractivity contribution in [3.8, 4) is 0 Å². The van der Waals surface area contributed by atoms with Gasteiger partial charge in [0.25, 0.3) is 0 Å². The molecular formula is C18H18F3N3O2. The molecule has 1 N–H and O–H groups in total. The summed E-state index contributed by atoms with van der Waals surface area (Å²) in [5.41, 5.74) is -0.288. The maximum atomic E-state index is 13.6. The second-order valence-electron chi connectivity index (χ2n) is 5.95. The monoisotopic (exact) mass is 365 g/mol. The molecule has 5 nitrogen and oxygen atoms in total. The summed E-state index contributed by atoms with van der Waals surface area (Å²) in [6.07, 6.45) is -2.47. The Morgan fingerprint density at radius 2 is 2.04 bits per heavy atom. The number of aromatic nitrogens is 2. The van der Waals surface area contributed by atoms with Gasteiger partial charge in [0.15, 0.2) is 0 Å². The molecule has 0 saturated carbocycles. The highest BCUT2D eigenvalue weighted by Gasteiger charge is 2.40.